The third-order valence-corrected chi connectivity index (χ3v) is 3.50. The largest absolute Gasteiger partial charge is 0.387 e. The van der Waals surface area contributed by atoms with Crippen LogP contribution in [0, 0.1) is 11.8 Å². The lowest BCUT2D eigenvalue weighted by molar-refractivity contribution is 0.704. The lowest BCUT2D eigenvalue weighted by Gasteiger charge is -2.07. The second-order valence-electron chi connectivity index (χ2n) is 4.51. The van der Waals surface area contributed by atoms with Crippen LogP contribution >= 0.6 is 0 Å². The zero-order chi connectivity index (χ0) is 9.26. The van der Waals surface area contributed by atoms with Crippen LogP contribution in [-0.2, 0) is 0 Å². The van der Waals surface area contributed by atoms with Crippen molar-refractivity contribution in [3.8, 4) is 0 Å². The molecule has 0 radical (unpaired) electrons. The highest BCUT2D eigenvalue weighted by Gasteiger charge is 2.35. The minimum Gasteiger partial charge on any atom is -0.387 e. The van der Waals surface area contributed by atoms with Crippen LogP contribution in [0.5, 0.6) is 0 Å². The van der Waals surface area contributed by atoms with E-state index in [1.165, 1.54) is 38.5 Å². The molecular weight excluding hydrogens is 160 g/mol. The van der Waals surface area contributed by atoms with Crippen LogP contribution in [-0.4, -0.2) is 11.9 Å². The number of rotatable bonds is 3. The number of nitrogens with two attached hydrogens (primary N) is 1. The molecular formula is C11H20N2. The average molecular weight is 180 g/mol. The van der Waals surface area contributed by atoms with Gasteiger partial charge in [0.1, 0.15) is 0 Å². The quantitative estimate of drug-likeness (QED) is 0.525. The van der Waals surface area contributed by atoms with Crippen LogP contribution < -0.4 is 5.73 Å². The van der Waals surface area contributed by atoms with Crippen molar-refractivity contribution in [2.45, 2.75) is 51.5 Å². The summed E-state index contributed by atoms with van der Waals surface area (Å²) in [7, 11) is 0. The Kier molecular flexibility index (Phi) is 2.56. The van der Waals surface area contributed by atoms with E-state index in [1.54, 1.807) is 0 Å². The first-order valence-electron chi connectivity index (χ1n) is 5.64. The third kappa shape index (κ3) is 2.04. The smallest absolute Gasteiger partial charge is 0.0971 e. The van der Waals surface area contributed by atoms with Crippen molar-refractivity contribution < 1.29 is 0 Å². The standard InChI is InChI=1S/C11H20N2/c1-2-8-7-10(8)13-11(12)9-5-3-4-6-9/h8-10H,2-7H2,1H3,(H2,12,13). The average Bonchev–Trinajstić information content (AvgIpc) is 2.68. The van der Waals surface area contributed by atoms with Crippen molar-refractivity contribution in [2.75, 3.05) is 0 Å². The van der Waals surface area contributed by atoms with Crippen molar-refractivity contribution in [3.63, 3.8) is 0 Å². The van der Waals surface area contributed by atoms with Gasteiger partial charge >= 0.3 is 0 Å². The molecule has 0 amide bonds. The molecule has 0 aromatic carbocycles. The van der Waals surface area contributed by atoms with Crippen LogP contribution in [0.1, 0.15) is 45.4 Å². The van der Waals surface area contributed by atoms with E-state index in [1.807, 2.05) is 0 Å². The van der Waals surface area contributed by atoms with Crippen LogP contribution in [0.2, 0.25) is 0 Å². The summed E-state index contributed by atoms with van der Waals surface area (Å²) in [5.74, 6) is 2.43. The predicted molar refractivity (Wildman–Crippen MR) is 55.8 cm³/mol. The van der Waals surface area contributed by atoms with Crippen molar-refractivity contribution in [1.82, 2.24) is 0 Å². The number of amidine groups is 1. The maximum absolute atomic E-state index is 5.99. The highest BCUT2D eigenvalue weighted by atomic mass is 14.9. The fourth-order valence-corrected chi connectivity index (χ4v) is 2.35. The minimum atomic E-state index is 0.589. The first kappa shape index (κ1) is 9.04. The molecule has 2 rings (SSSR count). The van der Waals surface area contributed by atoms with Gasteiger partial charge in [0.25, 0.3) is 0 Å². The van der Waals surface area contributed by atoms with E-state index in [4.69, 9.17) is 5.73 Å². The molecule has 2 fully saturated rings. The molecule has 74 valence electrons. The second-order valence-corrected chi connectivity index (χ2v) is 4.51. The zero-order valence-corrected chi connectivity index (χ0v) is 8.50. The van der Waals surface area contributed by atoms with Crippen molar-refractivity contribution in [2.24, 2.45) is 22.6 Å². The van der Waals surface area contributed by atoms with Gasteiger partial charge in [0.2, 0.25) is 0 Å². The molecule has 2 saturated carbocycles. The van der Waals surface area contributed by atoms with Gasteiger partial charge in [-0.15, -0.1) is 0 Å². The molecule has 0 aromatic heterocycles. The predicted octanol–water partition coefficient (Wildman–Crippen LogP) is 2.33. The summed E-state index contributed by atoms with van der Waals surface area (Å²) in [6.45, 7) is 2.24. The topological polar surface area (TPSA) is 38.4 Å². The Bertz CT molecular complexity index is 204. The third-order valence-electron chi connectivity index (χ3n) is 3.50. The van der Waals surface area contributed by atoms with Gasteiger partial charge in [-0.05, 0) is 25.2 Å². The summed E-state index contributed by atoms with van der Waals surface area (Å²) in [6, 6.07) is 0.589. The molecule has 0 aliphatic heterocycles. The van der Waals surface area contributed by atoms with Gasteiger partial charge in [-0.1, -0.05) is 26.2 Å². The van der Waals surface area contributed by atoms with Gasteiger partial charge in [0.15, 0.2) is 0 Å². The minimum absolute atomic E-state index is 0.589. The molecule has 2 N–H and O–H groups in total. The summed E-state index contributed by atoms with van der Waals surface area (Å²) < 4.78 is 0. The number of hydrogen-bond acceptors (Lipinski definition) is 1. The van der Waals surface area contributed by atoms with E-state index in [9.17, 15) is 0 Å². The van der Waals surface area contributed by atoms with E-state index in [2.05, 4.69) is 11.9 Å². The Labute approximate surface area is 80.6 Å². The monoisotopic (exact) mass is 180 g/mol. The van der Waals surface area contributed by atoms with Gasteiger partial charge in [-0.25, -0.2) is 0 Å². The lowest BCUT2D eigenvalue weighted by atomic mass is 10.1. The molecule has 2 atom stereocenters. The van der Waals surface area contributed by atoms with Gasteiger partial charge in [0.05, 0.1) is 11.9 Å². The summed E-state index contributed by atoms with van der Waals surface area (Å²) in [6.07, 6.45) is 7.80. The summed E-state index contributed by atoms with van der Waals surface area (Å²) in [5.41, 5.74) is 5.99. The summed E-state index contributed by atoms with van der Waals surface area (Å²) in [4.78, 5) is 4.62. The lowest BCUT2D eigenvalue weighted by Crippen LogP contribution is -2.22. The Balaban J connectivity index is 1.85. The van der Waals surface area contributed by atoms with Crippen LogP contribution in [0.4, 0.5) is 0 Å². The van der Waals surface area contributed by atoms with Gasteiger partial charge in [-0.3, -0.25) is 4.99 Å². The first-order valence-corrected chi connectivity index (χ1v) is 5.64. The van der Waals surface area contributed by atoms with Crippen LogP contribution in [0.25, 0.3) is 0 Å². The molecule has 2 nitrogen and oxygen atoms in total. The maximum Gasteiger partial charge on any atom is 0.0971 e. The Hall–Kier alpha value is -0.530. The van der Waals surface area contributed by atoms with Crippen LogP contribution in [0.15, 0.2) is 4.99 Å². The highest BCUT2D eigenvalue weighted by molar-refractivity contribution is 5.83. The molecule has 0 heterocycles. The SMILES string of the molecule is CCC1CC1N=C(N)C1CCCC1. The number of aliphatic imine (C=N–C) groups is 1. The Morgan fingerprint density at radius 1 is 1.38 bits per heavy atom. The van der Waals surface area contributed by atoms with E-state index >= 15 is 0 Å². The number of hydrogen-bond donors (Lipinski definition) is 1. The zero-order valence-electron chi connectivity index (χ0n) is 8.50. The normalized spacial score (nSPS) is 35.3. The fraction of sp³-hybridized carbons (Fsp3) is 0.909. The molecule has 2 aliphatic rings. The molecule has 0 spiro atoms. The highest BCUT2D eigenvalue weighted by Crippen LogP contribution is 2.37. The fourth-order valence-electron chi connectivity index (χ4n) is 2.35. The van der Waals surface area contributed by atoms with Gasteiger partial charge < -0.3 is 5.73 Å². The molecule has 0 saturated heterocycles. The van der Waals surface area contributed by atoms with Gasteiger partial charge in [0, 0.05) is 5.92 Å². The molecule has 0 aromatic rings. The molecule has 2 heteroatoms. The molecule has 0 bridgehead atoms. The number of nitrogens with zero attached hydrogens (tertiary/aromatic N) is 1. The van der Waals surface area contributed by atoms with E-state index in [-0.39, 0.29) is 0 Å². The summed E-state index contributed by atoms with van der Waals surface area (Å²) in [5, 5.41) is 0. The maximum atomic E-state index is 5.99. The summed E-state index contributed by atoms with van der Waals surface area (Å²) >= 11 is 0. The van der Waals surface area contributed by atoms with Crippen molar-refractivity contribution >= 4 is 5.84 Å². The van der Waals surface area contributed by atoms with Crippen molar-refractivity contribution in [3.05, 3.63) is 0 Å². The molecule has 13 heavy (non-hydrogen) atoms. The van der Waals surface area contributed by atoms with Crippen molar-refractivity contribution in [1.29, 1.82) is 0 Å². The Morgan fingerprint density at radius 2 is 2.08 bits per heavy atom. The van der Waals surface area contributed by atoms with E-state index in [0.29, 0.717) is 12.0 Å². The van der Waals surface area contributed by atoms with Crippen LogP contribution in [0.3, 0.4) is 0 Å². The molecule has 2 aliphatic carbocycles. The first-order chi connectivity index (χ1) is 6.31. The van der Waals surface area contributed by atoms with Gasteiger partial charge in [-0.2, -0.15) is 0 Å². The van der Waals surface area contributed by atoms with E-state index in [0.717, 1.165) is 11.8 Å². The molecule has 2 unspecified atom stereocenters. The second kappa shape index (κ2) is 3.69. The van der Waals surface area contributed by atoms with E-state index < -0.39 is 0 Å². The Morgan fingerprint density at radius 3 is 2.62 bits per heavy atom.